The zero-order chi connectivity index (χ0) is 21.5. The highest BCUT2D eigenvalue weighted by molar-refractivity contribution is 6.30. The normalized spacial score (nSPS) is 20.9. The molecule has 2 aromatic heterocycles. The van der Waals surface area contributed by atoms with Crippen LogP contribution in [0.3, 0.4) is 0 Å². The first-order valence-electron chi connectivity index (χ1n) is 10.4. The van der Waals surface area contributed by atoms with E-state index in [1.54, 1.807) is 24.3 Å². The monoisotopic (exact) mass is 438 g/mol. The Morgan fingerprint density at radius 1 is 1.29 bits per heavy atom. The standard InChI is InChI=1S/C22H23ClN6O2/c1-3-17-21(30)27(2)18-12-25-22(26-20(18)29(17)16-7-10-31-13-16)28-9-8-24-19(28)14-5-4-6-15(23)11-14/h4-6,8-9,11-12,16-17H,3,7,10,13H2,1-2H3/t16?,17-/m1/s1. The van der Waals surface area contributed by atoms with Crippen molar-refractivity contribution in [2.24, 2.45) is 0 Å². The van der Waals surface area contributed by atoms with Gasteiger partial charge in [-0.25, -0.2) is 9.97 Å². The number of hydrogen-bond donors (Lipinski definition) is 0. The van der Waals surface area contributed by atoms with Gasteiger partial charge in [-0.3, -0.25) is 9.36 Å². The number of carbonyl (C=O) groups excluding carboxylic acids is 1. The van der Waals surface area contributed by atoms with Crippen molar-refractivity contribution in [1.29, 1.82) is 0 Å². The summed E-state index contributed by atoms with van der Waals surface area (Å²) in [5.74, 6) is 2.00. The fraction of sp³-hybridized carbons (Fsp3) is 0.364. The first-order chi connectivity index (χ1) is 15.1. The average molecular weight is 439 g/mol. The predicted molar refractivity (Wildman–Crippen MR) is 119 cm³/mol. The maximum Gasteiger partial charge on any atom is 0.249 e. The number of carbonyl (C=O) groups is 1. The molecule has 0 bridgehead atoms. The number of likely N-dealkylation sites (N-methyl/N-ethyl adjacent to an activating group) is 1. The number of halogens is 1. The van der Waals surface area contributed by atoms with Crippen molar-refractivity contribution in [3.8, 4) is 17.3 Å². The fourth-order valence-corrected chi connectivity index (χ4v) is 4.55. The lowest BCUT2D eigenvalue weighted by molar-refractivity contribution is -0.120. The maximum atomic E-state index is 13.0. The number of hydrogen-bond acceptors (Lipinski definition) is 6. The van der Waals surface area contributed by atoms with Gasteiger partial charge in [-0.1, -0.05) is 30.7 Å². The molecule has 2 aliphatic heterocycles. The molecule has 1 fully saturated rings. The van der Waals surface area contributed by atoms with Gasteiger partial charge in [-0.15, -0.1) is 0 Å². The van der Waals surface area contributed by atoms with Crippen LogP contribution in [-0.2, 0) is 9.53 Å². The molecule has 0 radical (unpaired) electrons. The zero-order valence-electron chi connectivity index (χ0n) is 17.4. The summed E-state index contributed by atoms with van der Waals surface area (Å²) < 4.78 is 7.47. The second-order valence-corrected chi connectivity index (χ2v) is 8.19. The molecular weight excluding hydrogens is 416 g/mol. The highest BCUT2D eigenvalue weighted by Gasteiger charge is 2.41. The third-order valence-corrected chi connectivity index (χ3v) is 6.15. The summed E-state index contributed by atoms with van der Waals surface area (Å²) in [4.78, 5) is 30.8. The van der Waals surface area contributed by atoms with Crippen LogP contribution in [0.5, 0.6) is 0 Å². The van der Waals surface area contributed by atoms with Crippen LogP contribution in [0, 0.1) is 0 Å². The van der Waals surface area contributed by atoms with Crippen LogP contribution in [0.4, 0.5) is 11.5 Å². The first-order valence-corrected chi connectivity index (χ1v) is 10.8. The molecule has 1 amide bonds. The number of imidazole rings is 1. The van der Waals surface area contributed by atoms with Crippen molar-refractivity contribution in [3.63, 3.8) is 0 Å². The SMILES string of the molecule is CC[C@@H]1C(=O)N(C)c2cnc(-n3ccnc3-c3cccc(Cl)c3)nc2N1C1CCOC1. The van der Waals surface area contributed by atoms with Crippen molar-refractivity contribution in [2.75, 3.05) is 30.1 Å². The van der Waals surface area contributed by atoms with Crippen LogP contribution in [-0.4, -0.2) is 57.8 Å². The number of rotatable bonds is 4. The number of aromatic nitrogens is 4. The number of amides is 1. The van der Waals surface area contributed by atoms with E-state index in [9.17, 15) is 4.79 Å². The highest BCUT2D eigenvalue weighted by atomic mass is 35.5. The zero-order valence-corrected chi connectivity index (χ0v) is 18.2. The van der Waals surface area contributed by atoms with Crippen molar-refractivity contribution >= 4 is 29.0 Å². The molecule has 2 aliphatic rings. The number of anilines is 2. The Balaban J connectivity index is 1.63. The van der Waals surface area contributed by atoms with E-state index in [-0.39, 0.29) is 18.0 Å². The molecule has 3 aromatic rings. The van der Waals surface area contributed by atoms with E-state index in [4.69, 9.17) is 21.3 Å². The van der Waals surface area contributed by atoms with Gasteiger partial charge in [0.1, 0.15) is 17.6 Å². The van der Waals surface area contributed by atoms with E-state index in [0.29, 0.717) is 42.1 Å². The summed E-state index contributed by atoms with van der Waals surface area (Å²) in [6.45, 7) is 3.31. The van der Waals surface area contributed by atoms with E-state index in [2.05, 4.69) is 14.9 Å². The Kier molecular flexibility index (Phi) is 5.11. The third kappa shape index (κ3) is 3.36. The Bertz CT molecular complexity index is 1130. The molecule has 160 valence electrons. The van der Waals surface area contributed by atoms with E-state index in [1.165, 1.54) is 0 Å². The Labute approximate surface area is 185 Å². The van der Waals surface area contributed by atoms with Gasteiger partial charge in [0.2, 0.25) is 11.9 Å². The minimum Gasteiger partial charge on any atom is -0.379 e. The lowest BCUT2D eigenvalue weighted by Crippen LogP contribution is -2.56. The van der Waals surface area contributed by atoms with Crippen LogP contribution in [0.1, 0.15) is 19.8 Å². The molecular formula is C22H23ClN6O2. The lowest BCUT2D eigenvalue weighted by atomic mass is 10.0. The number of nitrogens with zero attached hydrogens (tertiary/aromatic N) is 6. The molecule has 0 spiro atoms. The molecule has 1 unspecified atom stereocenters. The summed E-state index contributed by atoms with van der Waals surface area (Å²) in [6, 6.07) is 7.36. The lowest BCUT2D eigenvalue weighted by Gasteiger charge is -2.43. The van der Waals surface area contributed by atoms with Crippen LogP contribution >= 0.6 is 11.6 Å². The summed E-state index contributed by atoms with van der Waals surface area (Å²) >= 11 is 6.18. The Morgan fingerprint density at radius 2 is 2.16 bits per heavy atom. The average Bonchev–Trinajstić information content (AvgIpc) is 3.48. The van der Waals surface area contributed by atoms with Gasteiger partial charge in [0.15, 0.2) is 5.82 Å². The first kappa shape index (κ1) is 20.0. The van der Waals surface area contributed by atoms with Gasteiger partial charge >= 0.3 is 0 Å². The van der Waals surface area contributed by atoms with E-state index in [1.807, 2.05) is 42.0 Å². The van der Waals surface area contributed by atoms with Crippen LogP contribution in [0.2, 0.25) is 5.02 Å². The minimum absolute atomic E-state index is 0.0560. The van der Waals surface area contributed by atoms with Crippen molar-refractivity contribution in [1.82, 2.24) is 19.5 Å². The fourth-order valence-electron chi connectivity index (χ4n) is 4.36. The molecule has 1 aromatic carbocycles. The summed E-state index contributed by atoms with van der Waals surface area (Å²) in [5, 5.41) is 0.636. The molecule has 1 saturated heterocycles. The van der Waals surface area contributed by atoms with Gasteiger partial charge in [0.05, 0.1) is 18.8 Å². The third-order valence-electron chi connectivity index (χ3n) is 5.92. The second-order valence-electron chi connectivity index (χ2n) is 7.76. The van der Waals surface area contributed by atoms with Gasteiger partial charge in [-0.2, -0.15) is 4.98 Å². The highest BCUT2D eigenvalue weighted by Crippen LogP contribution is 2.38. The molecule has 8 nitrogen and oxygen atoms in total. The Morgan fingerprint density at radius 3 is 2.90 bits per heavy atom. The van der Waals surface area contributed by atoms with Crippen LogP contribution in [0.25, 0.3) is 17.3 Å². The van der Waals surface area contributed by atoms with Crippen molar-refractivity contribution in [2.45, 2.75) is 31.8 Å². The summed E-state index contributed by atoms with van der Waals surface area (Å²) in [6.07, 6.45) is 6.82. The van der Waals surface area contributed by atoms with Gasteiger partial charge in [0, 0.05) is 36.6 Å². The number of fused-ring (bicyclic) bond motifs is 1. The molecule has 2 atom stereocenters. The van der Waals surface area contributed by atoms with Crippen LogP contribution in [0.15, 0.2) is 42.9 Å². The Hall–Kier alpha value is -2.97. The van der Waals surface area contributed by atoms with E-state index in [0.717, 1.165) is 17.8 Å². The molecule has 0 aliphatic carbocycles. The largest absolute Gasteiger partial charge is 0.379 e. The summed E-state index contributed by atoms with van der Waals surface area (Å²) in [5.41, 5.74) is 1.58. The maximum absolute atomic E-state index is 13.0. The molecule has 0 saturated carbocycles. The van der Waals surface area contributed by atoms with Crippen LogP contribution < -0.4 is 9.80 Å². The molecule has 9 heteroatoms. The van der Waals surface area contributed by atoms with Crippen molar-refractivity contribution < 1.29 is 9.53 Å². The van der Waals surface area contributed by atoms with Gasteiger partial charge < -0.3 is 14.5 Å². The van der Waals surface area contributed by atoms with Crippen molar-refractivity contribution in [3.05, 3.63) is 47.9 Å². The molecule has 0 N–H and O–H groups in total. The molecule has 4 heterocycles. The quantitative estimate of drug-likeness (QED) is 0.621. The molecule has 31 heavy (non-hydrogen) atoms. The number of ether oxygens (including phenoxy) is 1. The second kappa shape index (κ2) is 7.94. The number of benzene rings is 1. The van der Waals surface area contributed by atoms with E-state index < -0.39 is 0 Å². The van der Waals surface area contributed by atoms with E-state index >= 15 is 0 Å². The minimum atomic E-state index is -0.276. The topological polar surface area (TPSA) is 76.4 Å². The smallest absolute Gasteiger partial charge is 0.249 e. The molecule has 5 rings (SSSR count). The predicted octanol–water partition coefficient (Wildman–Crippen LogP) is 3.33. The summed E-state index contributed by atoms with van der Waals surface area (Å²) in [7, 11) is 1.78. The van der Waals surface area contributed by atoms with Gasteiger partial charge in [0.25, 0.3) is 0 Å². The van der Waals surface area contributed by atoms with Gasteiger partial charge in [-0.05, 0) is 25.0 Å².